The molecule has 0 unspecified atom stereocenters. The van der Waals surface area contributed by atoms with Crippen LogP contribution in [0, 0.1) is 0 Å². The van der Waals surface area contributed by atoms with Gasteiger partial charge in [0.25, 0.3) is 0 Å². The summed E-state index contributed by atoms with van der Waals surface area (Å²) >= 11 is 3.41. The summed E-state index contributed by atoms with van der Waals surface area (Å²) < 4.78 is 0. The Morgan fingerprint density at radius 3 is 2.64 bits per heavy atom. The van der Waals surface area contributed by atoms with Crippen molar-refractivity contribution in [3.63, 3.8) is 0 Å². The predicted molar refractivity (Wildman–Crippen MR) is 63.0 cm³/mol. The second-order valence-electron chi connectivity index (χ2n) is 3.64. The highest BCUT2D eigenvalue weighted by Gasteiger charge is 2.03. The van der Waals surface area contributed by atoms with Crippen molar-refractivity contribution < 1.29 is 5.11 Å². The van der Waals surface area contributed by atoms with Gasteiger partial charge in [-0.3, -0.25) is 0 Å². The van der Waals surface area contributed by atoms with Gasteiger partial charge in [0.15, 0.2) is 0 Å². The Labute approximate surface area is 93.7 Å². The van der Waals surface area contributed by atoms with Gasteiger partial charge in [0, 0.05) is 17.4 Å². The number of halogens is 1. The van der Waals surface area contributed by atoms with E-state index in [1.54, 1.807) is 6.07 Å². The van der Waals surface area contributed by atoms with Gasteiger partial charge in [0.1, 0.15) is 5.75 Å². The highest BCUT2D eigenvalue weighted by Crippen LogP contribution is 2.20. The SMILES string of the molecule is CN(C)Cc1cc(CCBr)ccc1O. The van der Waals surface area contributed by atoms with Crippen LogP contribution in [0.3, 0.4) is 0 Å². The molecular weight excluding hydrogens is 242 g/mol. The largest absolute Gasteiger partial charge is 0.508 e. The quantitative estimate of drug-likeness (QED) is 0.838. The number of nitrogens with zero attached hydrogens (tertiary/aromatic N) is 1. The molecule has 0 atom stereocenters. The lowest BCUT2D eigenvalue weighted by atomic mass is 10.1. The van der Waals surface area contributed by atoms with E-state index in [1.165, 1.54) is 5.56 Å². The predicted octanol–water partition coefficient (Wildman–Crippen LogP) is 2.39. The zero-order valence-corrected chi connectivity index (χ0v) is 10.2. The first kappa shape index (κ1) is 11.5. The third-order valence-electron chi connectivity index (χ3n) is 2.01. The number of benzene rings is 1. The molecule has 78 valence electrons. The van der Waals surface area contributed by atoms with Gasteiger partial charge in [0.05, 0.1) is 0 Å². The van der Waals surface area contributed by atoms with Crippen LogP contribution in [0.15, 0.2) is 18.2 Å². The lowest BCUT2D eigenvalue weighted by Gasteiger charge is -2.12. The zero-order valence-electron chi connectivity index (χ0n) is 8.63. The van der Waals surface area contributed by atoms with Crippen molar-refractivity contribution in [2.75, 3.05) is 19.4 Å². The average Bonchev–Trinajstić information content (AvgIpc) is 2.10. The van der Waals surface area contributed by atoms with Crippen LogP contribution in [0.1, 0.15) is 11.1 Å². The average molecular weight is 258 g/mol. The number of aryl methyl sites for hydroxylation is 1. The smallest absolute Gasteiger partial charge is 0.120 e. The van der Waals surface area contributed by atoms with Gasteiger partial charge in [0.2, 0.25) is 0 Å². The maximum atomic E-state index is 9.61. The van der Waals surface area contributed by atoms with Crippen LogP contribution < -0.4 is 0 Å². The van der Waals surface area contributed by atoms with Crippen LogP contribution in [-0.2, 0) is 13.0 Å². The summed E-state index contributed by atoms with van der Waals surface area (Å²) in [5.74, 6) is 0.386. The molecule has 0 aliphatic rings. The Morgan fingerprint density at radius 1 is 1.36 bits per heavy atom. The number of hydrogen-bond acceptors (Lipinski definition) is 2. The fourth-order valence-electron chi connectivity index (χ4n) is 1.37. The van der Waals surface area contributed by atoms with E-state index < -0.39 is 0 Å². The Kier molecular flexibility index (Phi) is 4.42. The van der Waals surface area contributed by atoms with Gasteiger partial charge in [-0.1, -0.05) is 28.1 Å². The van der Waals surface area contributed by atoms with Crippen LogP contribution in [0.2, 0.25) is 0 Å². The molecule has 0 aliphatic heterocycles. The molecule has 0 saturated heterocycles. The Hall–Kier alpha value is -0.540. The van der Waals surface area contributed by atoms with Gasteiger partial charge >= 0.3 is 0 Å². The van der Waals surface area contributed by atoms with Crippen LogP contribution in [0.4, 0.5) is 0 Å². The van der Waals surface area contributed by atoms with E-state index in [0.717, 1.165) is 23.9 Å². The van der Waals surface area contributed by atoms with Gasteiger partial charge in [-0.05, 0) is 32.1 Å². The maximum absolute atomic E-state index is 9.61. The topological polar surface area (TPSA) is 23.5 Å². The number of phenols is 1. The first-order valence-corrected chi connectivity index (χ1v) is 5.77. The number of alkyl halides is 1. The monoisotopic (exact) mass is 257 g/mol. The van der Waals surface area contributed by atoms with Crippen molar-refractivity contribution in [1.29, 1.82) is 0 Å². The fourth-order valence-corrected chi connectivity index (χ4v) is 1.83. The summed E-state index contributed by atoms with van der Waals surface area (Å²) in [5.41, 5.74) is 2.25. The lowest BCUT2D eigenvalue weighted by Crippen LogP contribution is -2.11. The van der Waals surface area contributed by atoms with Crippen molar-refractivity contribution in [1.82, 2.24) is 4.90 Å². The van der Waals surface area contributed by atoms with E-state index in [4.69, 9.17) is 0 Å². The normalized spacial score (nSPS) is 10.9. The van der Waals surface area contributed by atoms with Gasteiger partial charge < -0.3 is 10.0 Å². The number of hydrogen-bond donors (Lipinski definition) is 1. The van der Waals surface area contributed by atoms with Crippen LogP contribution in [0.5, 0.6) is 5.75 Å². The third-order valence-corrected chi connectivity index (χ3v) is 2.41. The lowest BCUT2D eigenvalue weighted by molar-refractivity contribution is 0.385. The molecule has 0 aliphatic carbocycles. The second kappa shape index (κ2) is 5.37. The van der Waals surface area contributed by atoms with Crippen LogP contribution >= 0.6 is 15.9 Å². The Morgan fingerprint density at radius 2 is 2.07 bits per heavy atom. The number of rotatable bonds is 4. The first-order chi connectivity index (χ1) is 6.63. The highest BCUT2D eigenvalue weighted by molar-refractivity contribution is 9.09. The van der Waals surface area contributed by atoms with Crippen molar-refractivity contribution in [3.05, 3.63) is 29.3 Å². The minimum atomic E-state index is 0.386. The molecule has 0 amide bonds. The molecule has 0 fully saturated rings. The van der Waals surface area contributed by atoms with E-state index >= 15 is 0 Å². The Bertz CT molecular complexity index is 299. The first-order valence-electron chi connectivity index (χ1n) is 4.65. The molecule has 14 heavy (non-hydrogen) atoms. The second-order valence-corrected chi connectivity index (χ2v) is 4.43. The molecule has 0 saturated carbocycles. The molecular formula is C11H16BrNO. The molecule has 0 bridgehead atoms. The maximum Gasteiger partial charge on any atom is 0.120 e. The highest BCUT2D eigenvalue weighted by atomic mass is 79.9. The molecule has 0 aromatic heterocycles. The molecule has 1 aromatic carbocycles. The summed E-state index contributed by atoms with van der Waals surface area (Å²) in [4.78, 5) is 2.05. The van der Waals surface area contributed by atoms with E-state index in [0.29, 0.717) is 5.75 Å². The molecule has 3 heteroatoms. The molecule has 1 rings (SSSR count). The Balaban J connectivity index is 2.84. The van der Waals surface area contributed by atoms with Crippen molar-refractivity contribution >= 4 is 15.9 Å². The summed E-state index contributed by atoms with van der Waals surface area (Å²) in [6, 6.07) is 5.81. The van der Waals surface area contributed by atoms with E-state index in [-0.39, 0.29) is 0 Å². The van der Waals surface area contributed by atoms with Gasteiger partial charge in [-0.25, -0.2) is 0 Å². The molecule has 0 radical (unpaired) electrons. The molecule has 1 N–H and O–H groups in total. The van der Waals surface area contributed by atoms with Gasteiger partial charge in [-0.2, -0.15) is 0 Å². The van der Waals surface area contributed by atoms with Crippen molar-refractivity contribution in [3.8, 4) is 5.75 Å². The van der Waals surface area contributed by atoms with Crippen LogP contribution in [-0.4, -0.2) is 29.4 Å². The van der Waals surface area contributed by atoms with E-state index in [9.17, 15) is 5.11 Å². The summed E-state index contributed by atoms with van der Waals surface area (Å²) in [5, 5.41) is 10.6. The molecule has 0 spiro atoms. The molecule has 0 heterocycles. The number of aromatic hydroxyl groups is 1. The molecule has 1 aromatic rings. The van der Waals surface area contributed by atoms with E-state index in [2.05, 4.69) is 22.0 Å². The fraction of sp³-hybridized carbons (Fsp3) is 0.455. The summed E-state index contributed by atoms with van der Waals surface area (Å²) in [6.45, 7) is 0.780. The van der Waals surface area contributed by atoms with Crippen molar-refractivity contribution in [2.45, 2.75) is 13.0 Å². The summed E-state index contributed by atoms with van der Waals surface area (Å²) in [6.07, 6.45) is 1.00. The summed E-state index contributed by atoms with van der Waals surface area (Å²) in [7, 11) is 3.99. The van der Waals surface area contributed by atoms with Crippen molar-refractivity contribution in [2.24, 2.45) is 0 Å². The third kappa shape index (κ3) is 3.31. The standard InChI is InChI=1S/C11H16BrNO/c1-13(2)8-10-7-9(5-6-12)3-4-11(10)14/h3-4,7,14H,5-6,8H2,1-2H3. The molecule has 2 nitrogen and oxygen atoms in total. The van der Waals surface area contributed by atoms with E-state index in [1.807, 2.05) is 25.1 Å². The van der Waals surface area contributed by atoms with Crippen LogP contribution in [0.25, 0.3) is 0 Å². The minimum absolute atomic E-state index is 0.386. The van der Waals surface area contributed by atoms with Gasteiger partial charge in [-0.15, -0.1) is 0 Å². The minimum Gasteiger partial charge on any atom is -0.508 e. The zero-order chi connectivity index (χ0) is 10.6. The number of phenolic OH excluding ortho intramolecular Hbond substituents is 1.